The minimum atomic E-state index is -0.0524. The standard InChI is InChI=1S/C23H27N5O2/c1-2-12-28-23(30)27-13-11-16(9-10-21(27)26-28)24-22(29)18-14-20(15-7-8-15)25-19-6-4-3-5-17(18)19/h3-6,14-16H,2,7-13H2,1H3,(H,24,29). The van der Waals surface area contributed by atoms with Crippen LogP contribution in [0.25, 0.3) is 10.9 Å². The number of benzene rings is 1. The van der Waals surface area contributed by atoms with Crippen LogP contribution in [0.3, 0.4) is 0 Å². The number of nitrogens with one attached hydrogen (secondary N) is 1. The molecule has 1 atom stereocenters. The van der Waals surface area contributed by atoms with E-state index >= 15 is 0 Å². The number of hydrogen-bond donors (Lipinski definition) is 1. The maximum absolute atomic E-state index is 13.2. The van der Waals surface area contributed by atoms with E-state index in [1.807, 2.05) is 37.3 Å². The van der Waals surface area contributed by atoms with E-state index in [1.54, 1.807) is 9.25 Å². The largest absolute Gasteiger partial charge is 0.349 e. The van der Waals surface area contributed by atoms with Crippen LogP contribution in [0.15, 0.2) is 35.1 Å². The maximum Gasteiger partial charge on any atom is 0.345 e. The summed E-state index contributed by atoms with van der Waals surface area (Å²) in [6.45, 7) is 3.28. The number of carbonyl (C=O) groups is 1. The van der Waals surface area contributed by atoms with Crippen LogP contribution < -0.4 is 11.0 Å². The van der Waals surface area contributed by atoms with Gasteiger partial charge in [-0.1, -0.05) is 25.1 Å². The topological polar surface area (TPSA) is 81.8 Å². The van der Waals surface area contributed by atoms with Gasteiger partial charge < -0.3 is 5.32 Å². The molecule has 1 aromatic carbocycles. The number of para-hydroxylation sites is 1. The second kappa shape index (κ2) is 7.70. The zero-order chi connectivity index (χ0) is 20.7. The predicted molar refractivity (Wildman–Crippen MR) is 115 cm³/mol. The Kier molecular flexibility index (Phi) is 4.89. The predicted octanol–water partition coefficient (Wildman–Crippen LogP) is 3.02. The van der Waals surface area contributed by atoms with Crippen LogP contribution in [0.2, 0.25) is 0 Å². The third-order valence-electron chi connectivity index (χ3n) is 6.16. The van der Waals surface area contributed by atoms with E-state index in [9.17, 15) is 9.59 Å². The third-order valence-corrected chi connectivity index (χ3v) is 6.16. The molecule has 1 aliphatic carbocycles. The molecular weight excluding hydrogens is 378 g/mol. The molecule has 0 saturated heterocycles. The molecule has 3 heterocycles. The van der Waals surface area contributed by atoms with Crippen molar-refractivity contribution in [1.82, 2.24) is 24.6 Å². The average Bonchev–Trinajstić information content (AvgIpc) is 3.58. The fourth-order valence-corrected chi connectivity index (χ4v) is 4.37. The molecule has 156 valence electrons. The van der Waals surface area contributed by atoms with E-state index in [1.165, 1.54) is 0 Å². The van der Waals surface area contributed by atoms with E-state index < -0.39 is 0 Å². The highest BCUT2D eigenvalue weighted by atomic mass is 16.2. The number of pyridine rings is 1. The smallest absolute Gasteiger partial charge is 0.345 e. The second-order valence-corrected chi connectivity index (χ2v) is 8.46. The molecule has 0 bridgehead atoms. The number of nitrogens with zero attached hydrogens (tertiary/aromatic N) is 4. The Morgan fingerprint density at radius 2 is 2.03 bits per heavy atom. The molecule has 1 amide bonds. The minimum absolute atomic E-state index is 0.0227. The molecular formula is C23H27N5O2. The van der Waals surface area contributed by atoms with Crippen molar-refractivity contribution in [3.05, 3.63) is 57.9 Å². The van der Waals surface area contributed by atoms with Gasteiger partial charge >= 0.3 is 5.69 Å². The molecule has 0 radical (unpaired) electrons. The van der Waals surface area contributed by atoms with Crippen LogP contribution in [0.4, 0.5) is 0 Å². The van der Waals surface area contributed by atoms with E-state index in [4.69, 9.17) is 4.98 Å². The second-order valence-electron chi connectivity index (χ2n) is 8.46. The van der Waals surface area contributed by atoms with Crippen molar-refractivity contribution in [1.29, 1.82) is 0 Å². The molecule has 1 fully saturated rings. The molecule has 2 aromatic heterocycles. The molecule has 1 unspecified atom stereocenters. The van der Waals surface area contributed by atoms with Gasteiger partial charge in [0, 0.05) is 42.6 Å². The van der Waals surface area contributed by atoms with Crippen molar-refractivity contribution in [3.8, 4) is 0 Å². The summed E-state index contributed by atoms with van der Waals surface area (Å²) in [5, 5.41) is 8.61. The lowest BCUT2D eigenvalue weighted by molar-refractivity contribution is 0.0934. The molecule has 1 N–H and O–H groups in total. The van der Waals surface area contributed by atoms with Gasteiger partial charge in [-0.2, -0.15) is 5.10 Å². The van der Waals surface area contributed by atoms with E-state index in [0.717, 1.165) is 54.5 Å². The number of fused-ring (bicyclic) bond motifs is 2. The fourth-order valence-electron chi connectivity index (χ4n) is 4.37. The first kappa shape index (κ1) is 19.0. The van der Waals surface area contributed by atoms with Crippen molar-refractivity contribution in [2.24, 2.45) is 0 Å². The minimum Gasteiger partial charge on any atom is -0.349 e. The average molecular weight is 406 g/mol. The number of carbonyl (C=O) groups excluding carboxylic acids is 1. The lowest BCUT2D eigenvalue weighted by Gasteiger charge is -2.17. The number of hydrogen-bond acceptors (Lipinski definition) is 4. The molecule has 0 spiro atoms. The Bertz CT molecular complexity index is 1160. The van der Waals surface area contributed by atoms with Crippen molar-refractivity contribution in [3.63, 3.8) is 0 Å². The van der Waals surface area contributed by atoms with Crippen molar-refractivity contribution < 1.29 is 4.79 Å². The van der Waals surface area contributed by atoms with Gasteiger partial charge in [0.25, 0.3) is 5.91 Å². The lowest BCUT2D eigenvalue weighted by atomic mass is 10.0. The maximum atomic E-state index is 13.2. The first-order valence-electron chi connectivity index (χ1n) is 11.0. The van der Waals surface area contributed by atoms with Gasteiger partial charge in [0.2, 0.25) is 0 Å². The summed E-state index contributed by atoms with van der Waals surface area (Å²) < 4.78 is 3.34. The number of rotatable bonds is 5. The number of aryl methyl sites for hydroxylation is 2. The molecule has 1 saturated carbocycles. The summed E-state index contributed by atoms with van der Waals surface area (Å²) in [6.07, 6.45) is 5.40. The van der Waals surface area contributed by atoms with E-state index in [-0.39, 0.29) is 17.6 Å². The summed E-state index contributed by atoms with van der Waals surface area (Å²) in [7, 11) is 0. The Hall–Kier alpha value is -2.96. The normalized spacial score (nSPS) is 18.8. The highest BCUT2D eigenvalue weighted by Crippen LogP contribution is 2.40. The van der Waals surface area contributed by atoms with Crippen LogP contribution in [0, 0.1) is 0 Å². The van der Waals surface area contributed by atoms with Gasteiger partial charge in [-0.15, -0.1) is 0 Å². The first-order chi connectivity index (χ1) is 14.6. The zero-order valence-corrected chi connectivity index (χ0v) is 17.3. The Morgan fingerprint density at radius 3 is 2.83 bits per heavy atom. The summed E-state index contributed by atoms with van der Waals surface area (Å²) in [5.74, 6) is 1.26. The lowest BCUT2D eigenvalue weighted by Crippen LogP contribution is -2.36. The highest BCUT2D eigenvalue weighted by Gasteiger charge is 2.28. The van der Waals surface area contributed by atoms with Gasteiger partial charge in [0.05, 0.1) is 11.1 Å². The van der Waals surface area contributed by atoms with Gasteiger partial charge in [-0.25, -0.2) is 9.48 Å². The Balaban J connectivity index is 1.35. The highest BCUT2D eigenvalue weighted by molar-refractivity contribution is 6.06. The number of aromatic nitrogens is 4. The fraction of sp³-hybridized carbons (Fsp3) is 0.478. The Labute approximate surface area is 175 Å². The zero-order valence-electron chi connectivity index (χ0n) is 17.3. The summed E-state index contributed by atoms with van der Waals surface area (Å²) >= 11 is 0. The quantitative estimate of drug-likeness (QED) is 0.707. The SMILES string of the molecule is CCCn1nc2n(c1=O)CCC(NC(=O)c1cc(C3CC3)nc3ccccc13)CC2. The van der Waals surface area contributed by atoms with Gasteiger partial charge in [-0.3, -0.25) is 14.3 Å². The van der Waals surface area contributed by atoms with Crippen LogP contribution in [0.5, 0.6) is 0 Å². The van der Waals surface area contributed by atoms with E-state index in [0.29, 0.717) is 31.0 Å². The molecule has 7 nitrogen and oxygen atoms in total. The molecule has 30 heavy (non-hydrogen) atoms. The summed E-state index contributed by atoms with van der Waals surface area (Å²) in [4.78, 5) is 30.5. The monoisotopic (exact) mass is 405 g/mol. The van der Waals surface area contributed by atoms with Crippen molar-refractivity contribution in [2.75, 3.05) is 0 Å². The number of amides is 1. The van der Waals surface area contributed by atoms with Crippen LogP contribution >= 0.6 is 0 Å². The molecule has 3 aromatic rings. The van der Waals surface area contributed by atoms with Crippen LogP contribution in [0.1, 0.15) is 66.8 Å². The summed E-state index contributed by atoms with van der Waals surface area (Å²) in [5.41, 5.74) is 2.57. The van der Waals surface area contributed by atoms with Gasteiger partial charge in [0.15, 0.2) is 0 Å². The molecule has 1 aliphatic heterocycles. The van der Waals surface area contributed by atoms with Crippen LogP contribution in [-0.2, 0) is 19.5 Å². The Morgan fingerprint density at radius 1 is 1.20 bits per heavy atom. The van der Waals surface area contributed by atoms with Crippen molar-refractivity contribution >= 4 is 16.8 Å². The first-order valence-corrected chi connectivity index (χ1v) is 11.0. The van der Waals surface area contributed by atoms with Crippen molar-refractivity contribution in [2.45, 2.75) is 70.5 Å². The third kappa shape index (κ3) is 3.53. The van der Waals surface area contributed by atoms with Gasteiger partial charge in [0.1, 0.15) is 5.82 Å². The molecule has 2 aliphatic rings. The van der Waals surface area contributed by atoms with E-state index in [2.05, 4.69) is 10.4 Å². The van der Waals surface area contributed by atoms with Crippen LogP contribution in [-0.4, -0.2) is 31.3 Å². The molecule has 5 rings (SSSR count). The van der Waals surface area contributed by atoms with Gasteiger partial charge in [-0.05, 0) is 44.2 Å². The summed E-state index contributed by atoms with van der Waals surface area (Å²) in [6, 6.07) is 9.85. The molecule has 7 heteroatoms.